The molecule has 2 aliphatic rings. The minimum Gasteiger partial charge on any atom is -0.484 e. The van der Waals surface area contributed by atoms with Crippen molar-refractivity contribution in [3.8, 4) is 0 Å². The molecule has 0 radical (unpaired) electrons. The Morgan fingerprint density at radius 1 is 1.08 bits per heavy atom. The van der Waals surface area contributed by atoms with Crippen LogP contribution in [0.25, 0.3) is 11.3 Å². The van der Waals surface area contributed by atoms with Crippen molar-refractivity contribution >= 4 is 17.3 Å². The summed E-state index contributed by atoms with van der Waals surface area (Å²) < 4.78 is 11.5. The van der Waals surface area contributed by atoms with Crippen molar-refractivity contribution in [2.45, 2.75) is 32.3 Å². The van der Waals surface area contributed by atoms with Crippen LogP contribution in [0.2, 0.25) is 0 Å². The highest BCUT2D eigenvalue weighted by molar-refractivity contribution is 5.93. The maximum absolute atomic E-state index is 12.0. The highest BCUT2D eigenvalue weighted by Crippen LogP contribution is 2.46. The molecule has 0 saturated heterocycles. The number of aryl methyl sites for hydroxylation is 1. The summed E-state index contributed by atoms with van der Waals surface area (Å²) in [7, 11) is 0. The van der Waals surface area contributed by atoms with Crippen LogP contribution in [0, 0.1) is 0 Å². The monoisotopic (exact) mass is 320 g/mol. The third-order valence-electron chi connectivity index (χ3n) is 4.73. The Hall–Kier alpha value is -2.55. The minimum atomic E-state index is -0.287. The predicted octanol–water partition coefficient (Wildman–Crippen LogP) is 4.53. The molecule has 1 atom stereocenters. The molecule has 0 bridgehead atoms. The van der Waals surface area contributed by atoms with Gasteiger partial charge < -0.3 is 9.47 Å². The third kappa shape index (κ3) is 2.50. The molecule has 3 heteroatoms. The van der Waals surface area contributed by atoms with Crippen molar-refractivity contribution in [1.29, 1.82) is 0 Å². The fourth-order valence-corrected chi connectivity index (χ4v) is 3.67. The normalized spacial score (nSPS) is 18.1. The summed E-state index contributed by atoms with van der Waals surface area (Å²) in [5.41, 5.74) is 6.02. The van der Waals surface area contributed by atoms with Gasteiger partial charge in [0.2, 0.25) is 0 Å². The van der Waals surface area contributed by atoms with E-state index in [4.69, 9.17) is 9.47 Å². The second kappa shape index (κ2) is 6.16. The van der Waals surface area contributed by atoms with E-state index in [0.717, 1.165) is 29.7 Å². The second-order valence-corrected chi connectivity index (χ2v) is 6.17. The molecule has 24 heavy (non-hydrogen) atoms. The van der Waals surface area contributed by atoms with Crippen molar-refractivity contribution in [3.63, 3.8) is 0 Å². The first-order valence-corrected chi connectivity index (χ1v) is 8.51. The van der Waals surface area contributed by atoms with Gasteiger partial charge in [-0.15, -0.1) is 0 Å². The molecule has 1 aliphatic heterocycles. The largest absolute Gasteiger partial charge is 0.484 e. The third-order valence-corrected chi connectivity index (χ3v) is 4.73. The van der Waals surface area contributed by atoms with Crippen LogP contribution < -0.4 is 0 Å². The van der Waals surface area contributed by atoms with E-state index in [2.05, 4.69) is 36.4 Å². The van der Waals surface area contributed by atoms with Gasteiger partial charge in [0, 0.05) is 16.7 Å². The number of ether oxygens (including phenoxy) is 2. The van der Waals surface area contributed by atoms with E-state index in [1.807, 2.05) is 19.1 Å². The summed E-state index contributed by atoms with van der Waals surface area (Å²) in [4.78, 5) is 12.0. The summed E-state index contributed by atoms with van der Waals surface area (Å²) in [6.45, 7) is 2.22. The molecule has 0 saturated carbocycles. The van der Waals surface area contributed by atoms with Crippen LogP contribution in [0.15, 0.2) is 48.5 Å². The first-order valence-electron chi connectivity index (χ1n) is 8.51. The van der Waals surface area contributed by atoms with Crippen LogP contribution in [0.3, 0.4) is 0 Å². The van der Waals surface area contributed by atoms with Gasteiger partial charge in [-0.3, -0.25) is 4.79 Å². The standard InChI is InChI=1S/C21H20O3/c1-2-23-20(22)13-19-17-10-6-5-9-16(17)18-12-11-14-7-3-4-8-15(14)21(18)24-19/h3-10,19H,2,11-13H2,1H3/t19-/m0/s1. The van der Waals surface area contributed by atoms with E-state index in [1.165, 1.54) is 16.7 Å². The molecule has 0 N–H and O–H groups in total. The maximum Gasteiger partial charge on any atom is 0.309 e. The SMILES string of the molecule is CCOC(=O)C[C@@H]1OC2=C(CCc3ccccc32)c2ccccc21. The quantitative estimate of drug-likeness (QED) is 0.780. The maximum atomic E-state index is 12.0. The van der Waals surface area contributed by atoms with Crippen molar-refractivity contribution in [3.05, 3.63) is 70.8 Å². The summed E-state index contributed by atoms with van der Waals surface area (Å²) in [6, 6.07) is 16.6. The predicted molar refractivity (Wildman–Crippen MR) is 93.1 cm³/mol. The molecule has 2 aromatic rings. The molecule has 0 spiro atoms. The smallest absolute Gasteiger partial charge is 0.309 e. The minimum absolute atomic E-state index is 0.217. The highest BCUT2D eigenvalue weighted by Gasteiger charge is 2.32. The summed E-state index contributed by atoms with van der Waals surface area (Å²) in [5, 5.41) is 0. The molecule has 122 valence electrons. The molecule has 1 heterocycles. The topological polar surface area (TPSA) is 35.5 Å². The van der Waals surface area contributed by atoms with Gasteiger partial charge in [0.05, 0.1) is 13.0 Å². The molecule has 4 rings (SSSR count). The van der Waals surface area contributed by atoms with E-state index in [1.54, 1.807) is 0 Å². The molecular formula is C21H20O3. The lowest BCUT2D eigenvalue weighted by atomic mass is 9.82. The van der Waals surface area contributed by atoms with E-state index in [9.17, 15) is 4.79 Å². The van der Waals surface area contributed by atoms with Crippen LogP contribution in [0.1, 0.15) is 48.1 Å². The van der Waals surface area contributed by atoms with E-state index in [0.29, 0.717) is 6.61 Å². The number of allylic oxidation sites excluding steroid dienone is 1. The Balaban J connectivity index is 1.78. The number of hydrogen-bond acceptors (Lipinski definition) is 3. The van der Waals surface area contributed by atoms with Gasteiger partial charge in [0.25, 0.3) is 0 Å². The Bertz CT molecular complexity index is 819. The van der Waals surface area contributed by atoms with Gasteiger partial charge in [0.1, 0.15) is 11.9 Å². The number of carbonyl (C=O) groups excluding carboxylic acids is 1. The van der Waals surface area contributed by atoms with Gasteiger partial charge in [-0.2, -0.15) is 0 Å². The molecule has 0 fully saturated rings. The molecule has 0 amide bonds. The lowest BCUT2D eigenvalue weighted by Crippen LogP contribution is -2.20. The fraction of sp³-hybridized carbons (Fsp3) is 0.286. The first-order chi connectivity index (χ1) is 11.8. The Kier molecular flexibility index (Phi) is 3.85. The lowest BCUT2D eigenvalue weighted by Gasteiger charge is -2.34. The number of fused-ring (bicyclic) bond motifs is 4. The van der Waals surface area contributed by atoms with E-state index in [-0.39, 0.29) is 18.5 Å². The zero-order chi connectivity index (χ0) is 16.5. The molecule has 0 aromatic heterocycles. The van der Waals surface area contributed by atoms with E-state index < -0.39 is 0 Å². The summed E-state index contributed by atoms with van der Waals surface area (Å²) in [5.74, 6) is 0.718. The number of benzene rings is 2. The zero-order valence-corrected chi connectivity index (χ0v) is 13.7. The molecule has 2 aromatic carbocycles. The molecule has 3 nitrogen and oxygen atoms in total. The number of carbonyl (C=O) groups is 1. The van der Waals surface area contributed by atoms with Crippen LogP contribution in [-0.4, -0.2) is 12.6 Å². The van der Waals surface area contributed by atoms with Gasteiger partial charge in [-0.25, -0.2) is 0 Å². The molecular weight excluding hydrogens is 300 g/mol. The second-order valence-electron chi connectivity index (χ2n) is 6.17. The van der Waals surface area contributed by atoms with Gasteiger partial charge in [0.15, 0.2) is 0 Å². The Morgan fingerprint density at radius 2 is 1.83 bits per heavy atom. The highest BCUT2D eigenvalue weighted by atomic mass is 16.5. The zero-order valence-electron chi connectivity index (χ0n) is 13.7. The van der Waals surface area contributed by atoms with E-state index >= 15 is 0 Å². The summed E-state index contributed by atoms with van der Waals surface area (Å²) in [6.07, 6.45) is 1.94. The Labute approximate surface area is 141 Å². The number of rotatable bonds is 3. The van der Waals surface area contributed by atoms with Crippen LogP contribution >= 0.6 is 0 Å². The van der Waals surface area contributed by atoms with Crippen molar-refractivity contribution < 1.29 is 14.3 Å². The van der Waals surface area contributed by atoms with Crippen LogP contribution in [0.4, 0.5) is 0 Å². The summed E-state index contributed by atoms with van der Waals surface area (Å²) >= 11 is 0. The van der Waals surface area contributed by atoms with Gasteiger partial charge in [-0.05, 0) is 30.9 Å². The average Bonchev–Trinajstić information content (AvgIpc) is 2.62. The fourth-order valence-electron chi connectivity index (χ4n) is 3.67. The molecule has 1 aliphatic carbocycles. The number of esters is 1. The van der Waals surface area contributed by atoms with Gasteiger partial charge >= 0.3 is 5.97 Å². The lowest BCUT2D eigenvalue weighted by molar-refractivity contribution is -0.145. The van der Waals surface area contributed by atoms with Crippen molar-refractivity contribution in [2.75, 3.05) is 6.61 Å². The first kappa shape index (κ1) is 15.0. The number of hydrogen-bond donors (Lipinski definition) is 0. The van der Waals surface area contributed by atoms with Crippen LogP contribution in [-0.2, 0) is 20.7 Å². The van der Waals surface area contributed by atoms with Crippen LogP contribution in [0.5, 0.6) is 0 Å². The van der Waals surface area contributed by atoms with Crippen molar-refractivity contribution in [2.24, 2.45) is 0 Å². The average molecular weight is 320 g/mol. The van der Waals surface area contributed by atoms with Gasteiger partial charge in [-0.1, -0.05) is 48.5 Å². The Morgan fingerprint density at radius 3 is 2.67 bits per heavy atom. The molecule has 0 unspecified atom stereocenters. The van der Waals surface area contributed by atoms with Crippen molar-refractivity contribution in [1.82, 2.24) is 0 Å².